The van der Waals surface area contributed by atoms with E-state index in [0.717, 1.165) is 11.4 Å². The van der Waals surface area contributed by atoms with E-state index in [-0.39, 0.29) is 11.7 Å². The molecule has 0 saturated heterocycles. The fraction of sp³-hybridized carbons (Fsp3) is 0.333. The first-order valence-electron chi connectivity index (χ1n) is 5.48. The molecule has 0 aliphatic heterocycles. The van der Waals surface area contributed by atoms with Crippen LogP contribution < -0.4 is 5.73 Å². The van der Waals surface area contributed by atoms with Crippen LogP contribution in [0.25, 0.3) is 5.69 Å². The van der Waals surface area contributed by atoms with Gasteiger partial charge in [0.15, 0.2) is 5.82 Å². The number of halogens is 1. The standard InChI is InChI=1S/C12H15FN4/c1-7(2)11-12(14)15-16-17(11)9-4-5-10(13)8(3)6-9/h4-7H,14H2,1-3H3. The molecule has 0 spiro atoms. The summed E-state index contributed by atoms with van der Waals surface area (Å²) in [7, 11) is 0. The number of nitrogen functional groups attached to an aromatic ring is 1. The molecule has 4 nitrogen and oxygen atoms in total. The third kappa shape index (κ3) is 2.00. The van der Waals surface area contributed by atoms with Gasteiger partial charge < -0.3 is 5.73 Å². The third-order valence-electron chi connectivity index (χ3n) is 2.67. The van der Waals surface area contributed by atoms with Gasteiger partial charge in [0.25, 0.3) is 0 Å². The first kappa shape index (κ1) is 11.6. The fourth-order valence-electron chi connectivity index (χ4n) is 1.79. The van der Waals surface area contributed by atoms with Crippen molar-refractivity contribution in [2.75, 3.05) is 5.73 Å². The molecule has 1 aromatic carbocycles. The number of nitrogens with zero attached hydrogens (tertiary/aromatic N) is 3. The molecular weight excluding hydrogens is 219 g/mol. The smallest absolute Gasteiger partial charge is 0.169 e. The van der Waals surface area contributed by atoms with E-state index in [1.807, 2.05) is 13.8 Å². The average molecular weight is 234 g/mol. The molecule has 0 aliphatic rings. The highest BCUT2D eigenvalue weighted by atomic mass is 19.1. The van der Waals surface area contributed by atoms with E-state index in [2.05, 4.69) is 10.3 Å². The molecule has 1 aromatic heterocycles. The van der Waals surface area contributed by atoms with E-state index >= 15 is 0 Å². The van der Waals surface area contributed by atoms with Gasteiger partial charge in [0, 0.05) is 0 Å². The summed E-state index contributed by atoms with van der Waals surface area (Å²) in [6.07, 6.45) is 0. The highest BCUT2D eigenvalue weighted by Gasteiger charge is 2.15. The molecule has 0 bridgehead atoms. The van der Waals surface area contributed by atoms with Gasteiger partial charge in [-0.1, -0.05) is 19.1 Å². The van der Waals surface area contributed by atoms with Crippen molar-refractivity contribution >= 4 is 5.82 Å². The predicted molar refractivity (Wildman–Crippen MR) is 64.6 cm³/mol. The minimum atomic E-state index is -0.229. The monoisotopic (exact) mass is 234 g/mol. The molecule has 0 unspecified atom stereocenters. The van der Waals surface area contributed by atoms with Crippen molar-refractivity contribution in [3.05, 3.63) is 35.3 Å². The fourth-order valence-corrected chi connectivity index (χ4v) is 1.79. The zero-order valence-electron chi connectivity index (χ0n) is 10.1. The van der Waals surface area contributed by atoms with Gasteiger partial charge in [0.05, 0.1) is 11.4 Å². The number of aromatic nitrogens is 3. The highest BCUT2D eigenvalue weighted by Crippen LogP contribution is 2.23. The third-order valence-corrected chi connectivity index (χ3v) is 2.67. The molecule has 0 saturated carbocycles. The van der Waals surface area contributed by atoms with E-state index in [1.165, 1.54) is 6.07 Å². The van der Waals surface area contributed by atoms with Crippen molar-refractivity contribution in [2.24, 2.45) is 0 Å². The molecule has 0 aliphatic carbocycles. The number of rotatable bonds is 2. The predicted octanol–water partition coefficient (Wildman–Crippen LogP) is 2.42. The second-order valence-electron chi connectivity index (χ2n) is 4.36. The Morgan fingerprint density at radius 2 is 2.06 bits per heavy atom. The summed E-state index contributed by atoms with van der Waals surface area (Å²) in [6.45, 7) is 5.75. The molecule has 2 rings (SSSR count). The van der Waals surface area contributed by atoms with Gasteiger partial charge in [-0.15, -0.1) is 5.10 Å². The Bertz CT molecular complexity index is 545. The zero-order chi connectivity index (χ0) is 12.6. The van der Waals surface area contributed by atoms with Gasteiger partial charge in [-0.05, 0) is 36.6 Å². The van der Waals surface area contributed by atoms with Gasteiger partial charge in [-0.2, -0.15) is 0 Å². The number of hydrogen-bond acceptors (Lipinski definition) is 3. The van der Waals surface area contributed by atoms with Gasteiger partial charge in [0.2, 0.25) is 0 Å². The summed E-state index contributed by atoms with van der Waals surface area (Å²) >= 11 is 0. The Labute approximate surface area is 99.2 Å². The van der Waals surface area contributed by atoms with Crippen LogP contribution in [0, 0.1) is 12.7 Å². The van der Waals surface area contributed by atoms with Gasteiger partial charge in [-0.25, -0.2) is 9.07 Å². The number of anilines is 1. The highest BCUT2D eigenvalue weighted by molar-refractivity contribution is 5.43. The lowest BCUT2D eigenvalue weighted by Crippen LogP contribution is -2.06. The lowest BCUT2D eigenvalue weighted by Gasteiger charge is -2.10. The Morgan fingerprint density at radius 3 is 2.65 bits per heavy atom. The summed E-state index contributed by atoms with van der Waals surface area (Å²) < 4.78 is 14.9. The molecule has 2 N–H and O–H groups in total. The van der Waals surface area contributed by atoms with Crippen molar-refractivity contribution in [1.29, 1.82) is 0 Å². The topological polar surface area (TPSA) is 56.7 Å². The molecule has 90 valence electrons. The summed E-state index contributed by atoms with van der Waals surface area (Å²) in [5, 5.41) is 7.86. The summed E-state index contributed by atoms with van der Waals surface area (Å²) in [5.74, 6) is 0.394. The normalized spacial score (nSPS) is 11.1. The molecule has 5 heteroatoms. The largest absolute Gasteiger partial charge is 0.381 e. The van der Waals surface area contributed by atoms with Crippen molar-refractivity contribution < 1.29 is 4.39 Å². The Hall–Kier alpha value is -1.91. The van der Waals surface area contributed by atoms with Crippen molar-refractivity contribution in [2.45, 2.75) is 26.7 Å². The maximum absolute atomic E-state index is 13.2. The van der Waals surface area contributed by atoms with Crippen LogP contribution >= 0.6 is 0 Å². The second kappa shape index (κ2) is 4.16. The van der Waals surface area contributed by atoms with Gasteiger partial charge >= 0.3 is 0 Å². The molecule has 2 aromatic rings. The van der Waals surface area contributed by atoms with Crippen LogP contribution in [-0.4, -0.2) is 15.0 Å². The first-order chi connectivity index (χ1) is 8.00. The maximum atomic E-state index is 13.2. The van der Waals surface area contributed by atoms with Crippen molar-refractivity contribution in [3.8, 4) is 5.69 Å². The minimum absolute atomic E-state index is 0.204. The SMILES string of the molecule is Cc1cc(-n2nnc(N)c2C(C)C)ccc1F. The summed E-state index contributed by atoms with van der Waals surface area (Å²) in [6, 6.07) is 4.82. The van der Waals surface area contributed by atoms with E-state index in [9.17, 15) is 4.39 Å². The molecule has 0 radical (unpaired) electrons. The van der Waals surface area contributed by atoms with Crippen LogP contribution in [0.3, 0.4) is 0 Å². The van der Waals surface area contributed by atoms with Crippen LogP contribution in [0.15, 0.2) is 18.2 Å². The first-order valence-corrected chi connectivity index (χ1v) is 5.48. The number of aryl methyl sites for hydroxylation is 1. The quantitative estimate of drug-likeness (QED) is 0.868. The molecule has 0 amide bonds. The average Bonchev–Trinajstić information content (AvgIpc) is 2.64. The maximum Gasteiger partial charge on any atom is 0.169 e. The van der Waals surface area contributed by atoms with Crippen LogP contribution in [0.5, 0.6) is 0 Å². The van der Waals surface area contributed by atoms with Crippen molar-refractivity contribution in [3.63, 3.8) is 0 Å². The molecule has 1 heterocycles. The van der Waals surface area contributed by atoms with Crippen LogP contribution in [0.1, 0.15) is 31.0 Å². The Balaban J connectivity index is 2.56. The van der Waals surface area contributed by atoms with Crippen molar-refractivity contribution in [1.82, 2.24) is 15.0 Å². The molecule has 17 heavy (non-hydrogen) atoms. The van der Waals surface area contributed by atoms with E-state index < -0.39 is 0 Å². The van der Waals surface area contributed by atoms with Crippen LogP contribution in [-0.2, 0) is 0 Å². The van der Waals surface area contributed by atoms with E-state index in [0.29, 0.717) is 11.4 Å². The Morgan fingerprint density at radius 1 is 1.35 bits per heavy atom. The molecule has 0 fully saturated rings. The molecular formula is C12H15FN4. The van der Waals surface area contributed by atoms with Gasteiger partial charge in [0.1, 0.15) is 5.82 Å². The van der Waals surface area contributed by atoms with Crippen LogP contribution in [0.4, 0.5) is 10.2 Å². The van der Waals surface area contributed by atoms with E-state index in [4.69, 9.17) is 5.73 Å². The number of nitrogens with two attached hydrogens (primary N) is 1. The zero-order valence-corrected chi connectivity index (χ0v) is 10.1. The minimum Gasteiger partial charge on any atom is -0.381 e. The molecule has 0 atom stereocenters. The van der Waals surface area contributed by atoms with Gasteiger partial charge in [-0.3, -0.25) is 0 Å². The summed E-state index contributed by atoms with van der Waals surface area (Å²) in [5.41, 5.74) is 7.97. The van der Waals surface area contributed by atoms with Crippen LogP contribution in [0.2, 0.25) is 0 Å². The lowest BCUT2D eigenvalue weighted by molar-refractivity contribution is 0.616. The lowest BCUT2D eigenvalue weighted by atomic mass is 10.1. The number of benzene rings is 1. The Kier molecular flexibility index (Phi) is 2.83. The second-order valence-corrected chi connectivity index (χ2v) is 4.36. The number of hydrogen-bond donors (Lipinski definition) is 1. The summed E-state index contributed by atoms with van der Waals surface area (Å²) in [4.78, 5) is 0. The van der Waals surface area contributed by atoms with E-state index in [1.54, 1.807) is 23.7 Å².